The number of halogens is 3. The Bertz CT molecular complexity index is 567. The first kappa shape index (κ1) is 16.3. The van der Waals surface area contributed by atoms with Gasteiger partial charge in [0.2, 0.25) is 0 Å². The van der Waals surface area contributed by atoms with Gasteiger partial charge < -0.3 is 10.2 Å². The Morgan fingerprint density at radius 3 is 2.70 bits per heavy atom. The van der Waals surface area contributed by atoms with Crippen LogP contribution in [0.4, 0.5) is 13.2 Å². The standard InChI is InChI=1S/C17H21F3N2O/c18-17(19,20)16(23)22(11-13-7-4-10-21-13)15-9-3-6-12-5-1-2-8-14(12)15/h1-2,5,8,13,15,21H,3-4,6-7,9-11H2/t13-,15+/m0/s1. The third-order valence-electron chi connectivity index (χ3n) is 4.80. The predicted octanol–water partition coefficient (Wildman–Crippen LogP) is 3.21. The lowest BCUT2D eigenvalue weighted by molar-refractivity contribution is -0.188. The predicted molar refractivity (Wildman–Crippen MR) is 80.9 cm³/mol. The molecule has 2 atom stereocenters. The second-order valence-electron chi connectivity index (χ2n) is 6.36. The van der Waals surface area contributed by atoms with Crippen LogP contribution in [0.25, 0.3) is 0 Å². The fourth-order valence-corrected chi connectivity index (χ4v) is 3.72. The Labute approximate surface area is 133 Å². The number of benzene rings is 1. The van der Waals surface area contributed by atoms with Gasteiger partial charge in [0.25, 0.3) is 0 Å². The van der Waals surface area contributed by atoms with E-state index in [2.05, 4.69) is 5.32 Å². The molecule has 1 aliphatic carbocycles. The summed E-state index contributed by atoms with van der Waals surface area (Å²) in [5, 5.41) is 3.20. The Morgan fingerprint density at radius 2 is 2.00 bits per heavy atom. The molecule has 2 aliphatic rings. The number of amides is 1. The highest BCUT2D eigenvalue weighted by molar-refractivity contribution is 5.82. The van der Waals surface area contributed by atoms with Gasteiger partial charge in [0, 0.05) is 12.6 Å². The smallest absolute Gasteiger partial charge is 0.326 e. The highest BCUT2D eigenvalue weighted by Gasteiger charge is 2.46. The van der Waals surface area contributed by atoms with E-state index >= 15 is 0 Å². The SMILES string of the molecule is O=C(N(C[C@@H]1CCCN1)[C@@H]1CCCc2ccccc21)C(F)(F)F. The fraction of sp³-hybridized carbons (Fsp3) is 0.588. The van der Waals surface area contributed by atoms with E-state index in [0.29, 0.717) is 6.42 Å². The van der Waals surface area contributed by atoms with E-state index in [1.165, 1.54) is 0 Å². The van der Waals surface area contributed by atoms with Crippen LogP contribution in [0.2, 0.25) is 0 Å². The van der Waals surface area contributed by atoms with Crippen molar-refractivity contribution >= 4 is 5.91 Å². The number of rotatable bonds is 3. The van der Waals surface area contributed by atoms with Crippen molar-refractivity contribution in [2.45, 2.75) is 50.4 Å². The van der Waals surface area contributed by atoms with Gasteiger partial charge >= 0.3 is 12.1 Å². The molecule has 23 heavy (non-hydrogen) atoms. The monoisotopic (exact) mass is 326 g/mol. The Kier molecular flexibility index (Phi) is 4.62. The molecule has 3 rings (SSSR count). The number of hydrogen-bond donors (Lipinski definition) is 1. The summed E-state index contributed by atoms with van der Waals surface area (Å²) in [5.74, 6) is -1.71. The summed E-state index contributed by atoms with van der Waals surface area (Å²) in [6, 6.07) is 7.02. The maximum absolute atomic E-state index is 13.1. The number of alkyl halides is 3. The number of fused-ring (bicyclic) bond motifs is 1. The van der Waals surface area contributed by atoms with Crippen LogP contribution in [0.1, 0.15) is 42.9 Å². The van der Waals surface area contributed by atoms with E-state index in [1.807, 2.05) is 24.3 Å². The molecule has 1 aromatic rings. The van der Waals surface area contributed by atoms with Crippen molar-refractivity contribution in [2.75, 3.05) is 13.1 Å². The lowest BCUT2D eigenvalue weighted by Crippen LogP contribution is -2.49. The van der Waals surface area contributed by atoms with Gasteiger partial charge in [-0.05, 0) is 49.8 Å². The van der Waals surface area contributed by atoms with E-state index in [-0.39, 0.29) is 12.6 Å². The Hall–Kier alpha value is -1.56. The van der Waals surface area contributed by atoms with Crippen LogP contribution >= 0.6 is 0 Å². The normalized spacial score (nSPS) is 24.3. The summed E-state index contributed by atoms with van der Waals surface area (Å²) in [5.41, 5.74) is 1.93. The van der Waals surface area contributed by atoms with Crippen LogP contribution < -0.4 is 5.32 Å². The molecule has 1 amide bonds. The van der Waals surface area contributed by atoms with Crippen molar-refractivity contribution in [1.29, 1.82) is 0 Å². The van der Waals surface area contributed by atoms with Gasteiger partial charge in [-0.25, -0.2) is 0 Å². The van der Waals surface area contributed by atoms with Gasteiger partial charge in [-0.15, -0.1) is 0 Å². The van der Waals surface area contributed by atoms with E-state index in [0.717, 1.165) is 48.3 Å². The summed E-state index contributed by atoms with van der Waals surface area (Å²) in [6.07, 6.45) is -0.809. The van der Waals surface area contributed by atoms with Crippen LogP contribution in [0, 0.1) is 0 Å². The molecule has 0 aromatic heterocycles. The van der Waals surface area contributed by atoms with Crippen molar-refractivity contribution in [1.82, 2.24) is 10.2 Å². The summed E-state index contributed by atoms with van der Waals surface area (Å²) in [7, 11) is 0. The van der Waals surface area contributed by atoms with E-state index < -0.39 is 18.1 Å². The second kappa shape index (κ2) is 6.51. The molecule has 0 bridgehead atoms. The van der Waals surface area contributed by atoms with Gasteiger partial charge in [-0.1, -0.05) is 24.3 Å². The molecule has 1 heterocycles. The van der Waals surface area contributed by atoms with Crippen molar-refractivity contribution in [3.05, 3.63) is 35.4 Å². The lowest BCUT2D eigenvalue weighted by atomic mass is 9.86. The second-order valence-corrected chi connectivity index (χ2v) is 6.36. The average molecular weight is 326 g/mol. The minimum atomic E-state index is -4.83. The molecule has 0 unspecified atom stereocenters. The topological polar surface area (TPSA) is 32.3 Å². The van der Waals surface area contributed by atoms with Crippen LogP contribution in [0.5, 0.6) is 0 Å². The largest absolute Gasteiger partial charge is 0.471 e. The van der Waals surface area contributed by atoms with E-state index in [1.54, 1.807) is 0 Å². The number of carbonyl (C=O) groups excluding carboxylic acids is 1. The van der Waals surface area contributed by atoms with Crippen LogP contribution in [-0.4, -0.2) is 36.1 Å². The Balaban J connectivity index is 1.90. The molecule has 1 aromatic carbocycles. The molecule has 126 valence electrons. The first-order valence-electron chi connectivity index (χ1n) is 8.16. The minimum absolute atomic E-state index is 0.0459. The zero-order valence-corrected chi connectivity index (χ0v) is 12.9. The molecule has 0 spiro atoms. The van der Waals surface area contributed by atoms with Gasteiger partial charge in [0.15, 0.2) is 0 Å². The van der Waals surface area contributed by atoms with Crippen LogP contribution in [-0.2, 0) is 11.2 Å². The quantitative estimate of drug-likeness (QED) is 0.925. The van der Waals surface area contributed by atoms with Gasteiger partial charge in [-0.2, -0.15) is 13.2 Å². The van der Waals surface area contributed by atoms with Crippen molar-refractivity contribution < 1.29 is 18.0 Å². The molecular weight excluding hydrogens is 305 g/mol. The number of aryl methyl sites for hydroxylation is 1. The summed E-state index contributed by atoms with van der Waals surface area (Å²) in [6.45, 7) is 0.928. The van der Waals surface area contributed by atoms with E-state index in [4.69, 9.17) is 0 Å². The first-order valence-corrected chi connectivity index (χ1v) is 8.16. The van der Waals surface area contributed by atoms with Gasteiger partial charge in [0.05, 0.1) is 6.04 Å². The van der Waals surface area contributed by atoms with Crippen molar-refractivity contribution in [3.8, 4) is 0 Å². The maximum atomic E-state index is 13.1. The lowest BCUT2D eigenvalue weighted by Gasteiger charge is -2.37. The number of hydrogen-bond acceptors (Lipinski definition) is 2. The molecular formula is C17H21F3N2O. The third kappa shape index (κ3) is 3.52. The summed E-state index contributed by atoms with van der Waals surface area (Å²) < 4.78 is 39.3. The molecule has 1 N–H and O–H groups in total. The molecule has 1 fully saturated rings. The fourth-order valence-electron chi connectivity index (χ4n) is 3.72. The van der Waals surface area contributed by atoms with E-state index in [9.17, 15) is 18.0 Å². The molecule has 6 heteroatoms. The number of nitrogens with zero attached hydrogens (tertiary/aromatic N) is 1. The van der Waals surface area contributed by atoms with Crippen molar-refractivity contribution in [2.24, 2.45) is 0 Å². The Morgan fingerprint density at radius 1 is 1.22 bits per heavy atom. The highest BCUT2D eigenvalue weighted by Crippen LogP contribution is 2.36. The molecule has 3 nitrogen and oxygen atoms in total. The zero-order chi connectivity index (χ0) is 16.4. The molecule has 1 saturated heterocycles. The molecule has 0 saturated carbocycles. The number of carbonyl (C=O) groups is 1. The van der Waals surface area contributed by atoms with Crippen LogP contribution in [0.3, 0.4) is 0 Å². The number of nitrogens with one attached hydrogen (secondary N) is 1. The van der Waals surface area contributed by atoms with Crippen LogP contribution in [0.15, 0.2) is 24.3 Å². The third-order valence-corrected chi connectivity index (χ3v) is 4.80. The van der Waals surface area contributed by atoms with Gasteiger partial charge in [-0.3, -0.25) is 4.79 Å². The summed E-state index contributed by atoms with van der Waals surface area (Å²) in [4.78, 5) is 13.1. The zero-order valence-electron chi connectivity index (χ0n) is 12.9. The minimum Gasteiger partial charge on any atom is -0.326 e. The molecule has 0 radical (unpaired) electrons. The molecule has 1 aliphatic heterocycles. The highest BCUT2D eigenvalue weighted by atomic mass is 19.4. The average Bonchev–Trinajstić information content (AvgIpc) is 3.04. The maximum Gasteiger partial charge on any atom is 0.471 e. The van der Waals surface area contributed by atoms with Crippen molar-refractivity contribution in [3.63, 3.8) is 0 Å². The first-order chi connectivity index (χ1) is 11.0. The van der Waals surface area contributed by atoms with Gasteiger partial charge in [0.1, 0.15) is 0 Å². The summed E-state index contributed by atoms with van der Waals surface area (Å²) >= 11 is 0.